The summed E-state index contributed by atoms with van der Waals surface area (Å²) in [4.78, 5) is 30.8. The number of halogens is 2. The van der Waals surface area contributed by atoms with E-state index in [1.807, 2.05) is 6.92 Å². The zero-order valence-electron chi connectivity index (χ0n) is 19.0. The Labute approximate surface area is 198 Å². The zero-order chi connectivity index (χ0) is 24.9. The van der Waals surface area contributed by atoms with Crippen LogP contribution in [-0.2, 0) is 12.1 Å². The molecule has 7 nitrogen and oxygen atoms in total. The van der Waals surface area contributed by atoms with Gasteiger partial charge in [-0.1, -0.05) is 12.1 Å². The molecule has 2 aromatic heterocycles. The van der Waals surface area contributed by atoms with Gasteiger partial charge in [-0.2, -0.15) is 0 Å². The molecule has 35 heavy (non-hydrogen) atoms. The number of aromatic carboxylic acids is 1. The number of carboxylic acids is 1. The molecule has 0 saturated carbocycles. The van der Waals surface area contributed by atoms with Crippen molar-refractivity contribution in [2.45, 2.75) is 31.9 Å². The van der Waals surface area contributed by atoms with E-state index < -0.39 is 22.8 Å². The maximum absolute atomic E-state index is 15.4. The van der Waals surface area contributed by atoms with E-state index in [-0.39, 0.29) is 27.8 Å². The van der Waals surface area contributed by atoms with E-state index in [0.29, 0.717) is 49.1 Å². The smallest absolute Gasteiger partial charge is 0.341 e. The third-order valence-corrected chi connectivity index (χ3v) is 6.87. The Morgan fingerprint density at radius 3 is 2.46 bits per heavy atom. The normalized spacial score (nSPS) is 15.6. The van der Waals surface area contributed by atoms with Crippen molar-refractivity contribution in [2.24, 2.45) is 0 Å². The van der Waals surface area contributed by atoms with Crippen molar-refractivity contribution in [3.8, 4) is 0 Å². The Bertz CT molecular complexity index is 1520. The lowest BCUT2D eigenvalue weighted by Gasteiger charge is -2.39. The highest BCUT2D eigenvalue weighted by Gasteiger charge is 2.35. The minimum Gasteiger partial charge on any atom is -0.477 e. The zero-order valence-corrected chi connectivity index (χ0v) is 19.0. The number of nitrogens with zero attached hydrogens (tertiary/aromatic N) is 3. The third kappa shape index (κ3) is 3.81. The highest BCUT2D eigenvalue weighted by Crippen LogP contribution is 2.36. The van der Waals surface area contributed by atoms with E-state index in [0.717, 1.165) is 0 Å². The average molecular weight is 479 g/mol. The monoisotopic (exact) mass is 479 g/mol. The second-order valence-corrected chi connectivity index (χ2v) is 8.83. The lowest BCUT2D eigenvalue weighted by molar-refractivity contribution is 0.0116. The molecular formula is C26H23F2N3O4. The third-order valence-electron chi connectivity index (χ3n) is 6.87. The molecule has 4 aromatic rings. The number of pyridine rings is 2. The van der Waals surface area contributed by atoms with Gasteiger partial charge < -0.3 is 19.7 Å². The molecule has 1 aliphatic rings. The van der Waals surface area contributed by atoms with Crippen LogP contribution in [0.4, 0.5) is 14.5 Å². The van der Waals surface area contributed by atoms with E-state index in [1.165, 1.54) is 30.6 Å². The van der Waals surface area contributed by atoms with Crippen molar-refractivity contribution in [1.82, 2.24) is 9.55 Å². The second kappa shape index (κ2) is 8.42. The standard InChI is InChI=1S/C26H23F2N3O4/c1-2-30-14-18(25(33)34)24(32)23-17-11-19(28)21(12-20(17)29-13-22(23)30)31-9-7-26(35,8-10-31)15-3-5-16(27)6-4-15/h3-6,11-14,35H,2,7-10H2,1H3,(H,33,34). The minimum atomic E-state index is -1.34. The number of piperidine rings is 1. The molecule has 0 aliphatic carbocycles. The van der Waals surface area contributed by atoms with Crippen LogP contribution in [0.1, 0.15) is 35.7 Å². The Balaban J connectivity index is 1.54. The van der Waals surface area contributed by atoms with E-state index in [1.54, 1.807) is 27.7 Å². The molecule has 9 heteroatoms. The van der Waals surface area contributed by atoms with Crippen LogP contribution >= 0.6 is 0 Å². The summed E-state index contributed by atoms with van der Waals surface area (Å²) in [6.45, 7) is 2.94. The van der Waals surface area contributed by atoms with Gasteiger partial charge in [0, 0.05) is 31.2 Å². The minimum absolute atomic E-state index is 0.117. The summed E-state index contributed by atoms with van der Waals surface area (Å²) >= 11 is 0. The predicted octanol–water partition coefficient (Wildman–Crippen LogP) is 4.03. The van der Waals surface area contributed by atoms with Crippen LogP contribution in [0.5, 0.6) is 0 Å². The Morgan fingerprint density at radius 2 is 1.83 bits per heavy atom. The first kappa shape index (κ1) is 22.9. The van der Waals surface area contributed by atoms with Crippen molar-refractivity contribution in [3.05, 3.63) is 81.8 Å². The van der Waals surface area contributed by atoms with Gasteiger partial charge in [0.15, 0.2) is 0 Å². The molecule has 1 fully saturated rings. The number of aliphatic hydroxyl groups is 1. The van der Waals surface area contributed by atoms with Crippen LogP contribution in [0.25, 0.3) is 21.8 Å². The van der Waals surface area contributed by atoms with Gasteiger partial charge in [0.2, 0.25) is 5.43 Å². The number of aryl methyl sites for hydroxylation is 1. The van der Waals surface area contributed by atoms with Crippen molar-refractivity contribution in [1.29, 1.82) is 0 Å². The number of benzene rings is 2. The van der Waals surface area contributed by atoms with Gasteiger partial charge in [0.1, 0.15) is 17.2 Å². The van der Waals surface area contributed by atoms with E-state index in [4.69, 9.17) is 0 Å². The molecule has 0 amide bonds. The predicted molar refractivity (Wildman–Crippen MR) is 128 cm³/mol. The molecule has 180 valence electrons. The highest BCUT2D eigenvalue weighted by molar-refractivity contribution is 6.07. The van der Waals surface area contributed by atoms with Gasteiger partial charge >= 0.3 is 5.97 Å². The summed E-state index contributed by atoms with van der Waals surface area (Å²) in [6, 6.07) is 8.52. The Hall–Kier alpha value is -3.85. The lowest BCUT2D eigenvalue weighted by Crippen LogP contribution is -2.43. The number of aromatic nitrogens is 2. The first-order valence-corrected chi connectivity index (χ1v) is 11.3. The fourth-order valence-electron chi connectivity index (χ4n) is 4.89. The molecule has 0 radical (unpaired) electrons. The highest BCUT2D eigenvalue weighted by atomic mass is 19.1. The number of rotatable bonds is 4. The van der Waals surface area contributed by atoms with Gasteiger partial charge in [-0.05, 0) is 49.6 Å². The Kier molecular flexibility index (Phi) is 5.52. The molecule has 0 unspecified atom stereocenters. The van der Waals surface area contributed by atoms with E-state index in [9.17, 15) is 24.2 Å². The molecule has 2 N–H and O–H groups in total. The molecule has 1 saturated heterocycles. The van der Waals surface area contributed by atoms with Crippen LogP contribution in [-0.4, -0.2) is 38.8 Å². The Morgan fingerprint density at radius 1 is 1.14 bits per heavy atom. The summed E-state index contributed by atoms with van der Waals surface area (Å²) in [7, 11) is 0. The topological polar surface area (TPSA) is 95.7 Å². The largest absolute Gasteiger partial charge is 0.477 e. The summed E-state index contributed by atoms with van der Waals surface area (Å²) in [6.07, 6.45) is 3.43. The second-order valence-electron chi connectivity index (χ2n) is 8.83. The number of anilines is 1. The number of fused-ring (bicyclic) bond motifs is 3. The summed E-state index contributed by atoms with van der Waals surface area (Å²) in [5.74, 6) is -2.29. The van der Waals surface area contributed by atoms with Crippen molar-refractivity contribution in [3.63, 3.8) is 0 Å². The first-order valence-electron chi connectivity index (χ1n) is 11.3. The fourth-order valence-corrected chi connectivity index (χ4v) is 4.89. The molecule has 3 heterocycles. The quantitative estimate of drug-likeness (QED) is 0.429. The maximum atomic E-state index is 15.4. The number of carboxylic acid groups (broad SMARTS) is 1. The summed E-state index contributed by atoms with van der Waals surface area (Å²) < 4.78 is 30.2. The first-order chi connectivity index (χ1) is 16.7. The van der Waals surface area contributed by atoms with Crippen molar-refractivity contribution < 1.29 is 23.8 Å². The molecule has 0 bridgehead atoms. The molecule has 5 rings (SSSR count). The number of carbonyl (C=O) groups is 1. The molecule has 2 aromatic carbocycles. The summed E-state index contributed by atoms with van der Waals surface area (Å²) in [5, 5.41) is 20.9. The van der Waals surface area contributed by atoms with Crippen molar-refractivity contribution >= 4 is 33.5 Å². The lowest BCUT2D eigenvalue weighted by atomic mass is 9.84. The van der Waals surface area contributed by atoms with Crippen LogP contribution in [0.3, 0.4) is 0 Å². The van der Waals surface area contributed by atoms with Crippen LogP contribution in [0, 0.1) is 11.6 Å². The SMILES string of the molecule is CCn1cc(C(=O)O)c(=O)c2c3cc(F)c(N4CCC(O)(c5ccc(F)cc5)CC4)cc3ncc21. The number of hydrogen-bond donors (Lipinski definition) is 2. The van der Waals surface area contributed by atoms with E-state index >= 15 is 4.39 Å². The van der Waals surface area contributed by atoms with Gasteiger partial charge in [-0.15, -0.1) is 0 Å². The van der Waals surface area contributed by atoms with Gasteiger partial charge in [0.25, 0.3) is 0 Å². The summed E-state index contributed by atoms with van der Waals surface area (Å²) in [5.41, 5.74) is -0.487. The van der Waals surface area contributed by atoms with Crippen molar-refractivity contribution in [2.75, 3.05) is 18.0 Å². The van der Waals surface area contributed by atoms with Gasteiger partial charge in [-0.3, -0.25) is 9.78 Å². The maximum Gasteiger partial charge on any atom is 0.341 e. The van der Waals surface area contributed by atoms with Crippen LogP contribution in [0.2, 0.25) is 0 Å². The average Bonchev–Trinajstić information content (AvgIpc) is 2.84. The van der Waals surface area contributed by atoms with Gasteiger partial charge in [0.05, 0.1) is 33.9 Å². The molecule has 0 spiro atoms. The fraction of sp³-hybridized carbons (Fsp3) is 0.269. The molecule has 1 aliphatic heterocycles. The van der Waals surface area contributed by atoms with Gasteiger partial charge in [-0.25, -0.2) is 13.6 Å². The molecular weight excluding hydrogens is 456 g/mol. The van der Waals surface area contributed by atoms with Crippen LogP contribution < -0.4 is 10.3 Å². The van der Waals surface area contributed by atoms with E-state index in [2.05, 4.69) is 4.98 Å². The molecule has 0 atom stereocenters. The van der Waals surface area contributed by atoms with Crippen LogP contribution in [0.15, 0.2) is 53.6 Å². The number of hydrogen-bond acceptors (Lipinski definition) is 5.